The van der Waals surface area contributed by atoms with Crippen LogP contribution in [0.3, 0.4) is 0 Å². The third-order valence-corrected chi connectivity index (χ3v) is 8.94. The van der Waals surface area contributed by atoms with E-state index in [-0.39, 0.29) is 30.9 Å². The fourth-order valence-electron chi connectivity index (χ4n) is 5.05. The molecule has 0 spiro atoms. The van der Waals surface area contributed by atoms with Crippen LogP contribution in [0.4, 0.5) is 11.8 Å². The Morgan fingerprint density at radius 3 is 2.56 bits per heavy atom. The van der Waals surface area contributed by atoms with Crippen LogP contribution < -0.4 is 20.7 Å². The lowest BCUT2D eigenvalue weighted by molar-refractivity contribution is -0.142. The lowest BCUT2D eigenvalue weighted by Crippen LogP contribution is -2.39. The minimum atomic E-state index is -4.04. The smallest absolute Gasteiger partial charge is 0.459 e. The van der Waals surface area contributed by atoms with Gasteiger partial charge >= 0.3 is 13.7 Å². The SMILES string of the molecule is COC(=O)[C@H](Cc1ccccc1)NP(=O)(OC[C@@H]1C=C[C@H](n2cnc3c(NC4CC4)nc(N)nc32)C1)Oc1ccccc1. The number of benzene rings is 2. The number of carbonyl (C=O) groups is 1. The first-order valence-corrected chi connectivity index (χ1v) is 15.8. The molecule has 0 aliphatic heterocycles. The van der Waals surface area contributed by atoms with E-state index in [9.17, 15) is 9.36 Å². The molecule has 6 rings (SSSR count). The molecule has 4 atom stereocenters. The molecule has 224 valence electrons. The van der Waals surface area contributed by atoms with Gasteiger partial charge in [0.2, 0.25) is 5.95 Å². The van der Waals surface area contributed by atoms with Gasteiger partial charge in [0.1, 0.15) is 11.8 Å². The standard InChI is InChI=1S/C30H34N7O5P/c1-40-29(38)25(17-20-8-4-2-5-9-20)36-43(39,42-24-10-6-3-7-11-24)41-18-21-12-15-23(16-21)37-19-32-26-27(33-22-13-14-22)34-30(31)35-28(26)37/h2-12,15,19,21-23,25H,13-14,16-18H2,1H3,(H,36,39)(H3,31,33,34,35)/t21-,23+,25+,43?/m1/s1. The number of nitrogen functional groups attached to an aromatic ring is 1. The topological polar surface area (TPSA) is 156 Å². The van der Waals surface area contributed by atoms with E-state index in [4.69, 9.17) is 19.5 Å². The molecule has 2 aromatic carbocycles. The summed E-state index contributed by atoms with van der Waals surface area (Å²) in [5.74, 6) is 0.505. The maximum Gasteiger partial charge on any atom is 0.459 e. The summed E-state index contributed by atoms with van der Waals surface area (Å²) in [6.45, 7) is 0.0849. The van der Waals surface area contributed by atoms with Crippen molar-refractivity contribution in [1.82, 2.24) is 24.6 Å². The van der Waals surface area contributed by atoms with Crippen molar-refractivity contribution in [3.63, 3.8) is 0 Å². The summed E-state index contributed by atoms with van der Waals surface area (Å²) in [5.41, 5.74) is 8.21. The van der Waals surface area contributed by atoms with Crippen molar-refractivity contribution in [2.45, 2.75) is 43.8 Å². The predicted molar refractivity (Wildman–Crippen MR) is 162 cm³/mol. The van der Waals surface area contributed by atoms with Gasteiger partial charge in [0.05, 0.1) is 26.1 Å². The monoisotopic (exact) mass is 603 g/mol. The first-order valence-electron chi connectivity index (χ1n) is 14.2. The summed E-state index contributed by atoms with van der Waals surface area (Å²) in [4.78, 5) is 26.1. The lowest BCUT2D eigenvalue weighted by Gasteiger charge is -2.25. The average Bonchev–Trinajstić information content (AvgIpc) is 3.52. The van der Waals surface area contributed by atoms with Gasteiger partial charge in [0.25, 0.3) is 0 Å². The van der Waals surface area contributed by atoms with Crippen molar-refractivity contribution in [2.75, 3.05) is 24.8 Å². The second-order valence-corrected chi connectivity index (χ2v) is 12.4. The Hall–Kier alpha value is -4.25. The van der Waals surface area contributed by atoms with Gasteiger partial charge in [-0.15, -0.1) is 0 Å². The highest BCUT2D eigenvalue weighted by Gasteiger charge is 2.36. The van der Waals surface area contributed by atoms with Crippen molar-refractivity contribution in [2.24, 2.45) is 5.92 Å². The Kier molecular flexibility index (Phi) is 8.42. The van der Waals surface area contributed by atoms with Crippen LogP contribution in [0.25, 0.3) is 11.2 Å². The molecule has 2 aliphatic rings. The first-order chi connectivity index (χ1) is 20.9. The number of nitrogens with zero attached hydrogens (tertiary/aromatic N) is 4. The van der Waals surface area contributed by atoms with Gasteiger partial charge in [0, 0.05) is 12.0 Å². The number of carbonyl (C=O) groups excluding carboxylic acids is 1. The Bertz CT molecular complexity index is 1640. The molecule has 2 heterocycles. The quantitative estimate of drug-likeness (QED) is 0.111. The number of allylic oxidation sites excluding steroid dienone is 1. The van der Waals surface area contributed by atoms with E-state index >= 15 is 0 Å². The van der Waals surface area contributed by atoms with E-state index < -0.39 is 19.8 Å². The van der Waals surface area contributed by atoms with Crippen molar-refractivity contribution in [1.29, 1.82) is 0 Å². The number of anilines is 2. The molecule has 4 N–H and O–H groups in total. The normalized spacial score (nSPS) is 20.0. The Balaban J connectivity index is 1.17. The highest BCUT2D eigenvalue weighted by Crippen LogP contribution is 2.46. The highest BCUT2D eigenvalue weighted by molar-refractivity contribution is 7.52. The summed E-state index contributed by atoms with van der Waals surface area (Å²) in [7, 11) is -2.75. The fraction of sp³-hybridized carbons (Fsp3) is 0.333. The van der Waals surface area contributed by atoms with E-state index in [1.54, 1.807) is 30.6 Å². The van der Waals surface area contributed by atoms with Gasteiger partial charge in [-0.25, -0.2) is 9.55 Å². The summed E-state index contributed by atoms with van der Waals surface area (Å²) >= 11 is 0. The molecule has 4 aromatic rings. The maximum atomic E-state index is 14.2. The molecule has 12 nitrogen and oxygen atoms in total. The molecule has 13 heteroatoms. The average molecular weight is 604 g/mol. The van der Waals surface area contributed by atoms with E-state index in [1.165, 1.54) is 7.11 Å². The number of hydrogen-bond donors (Lipinski definition) is 3. The molecule has 0 bridgehead atoms. The van der Waals surface area contributed by atoms with Gasteiger partial charge in [-0.2, -0.15) is 15.1 Å². The molecule has 0 amide bonds. The number of rotatable bonds is 13. The van der Waals surface area contributed by atoms with Crippen LogP contribution >= 0.6 is 7.75 Å². The zero-order valence-electron chi connectivity index (χ0n) is 23.7. The largest absolute Gasteiger partial charge is 0.468 e. The third-order valence-electron chi connectivity index (χ3n) is 7.37. The lowest BCUT2D eigenvalue weighted by atomic mass is 10.1. The summed E-state index contributed by atoms with van der Waals surface area (Å²) in [5, 5.41) is 6.24. The molecular weight excluding hydrogens is 569 g/mol. The number of ether oxygens (including phenoxy) is 1. The van der Waals surface area contributed by atoms with Crippen molar-refractivity contribution in [3.05, 3.63) is 84.7 Å². The second kappa shape index (κ2) is 12.5. The van der Waals surface area contributed by atoms with Crippen LogP contribution in [0.5, 0.6) is 5.75 Å². The van der Waals surface area contributed by atoms with Crippen molar-refractivity contribution < 1.29 is 23.1 Å². The highest BCUT2D eigenvalue weighted by atomic mass is 31.2. The van der Waals surface area contributed by atoms with Crippen LogP contribution in [-0.2, 0) is 25.0 Å². The molecule has 1 saturated carbocycles. The van der Waals surface area contributed by atoms with E-state index in [0.717, 1.165) is 18.4 Å². The van der Waals surface area contributed by atoms with E-state index in [0.29, 0.717) is 35.2 Å². The van der Waals surface area contributed by atoms with Crippen LogP contribution in [0.1, 0.15) is 30.9 Å². The third kappa shape index (κ3) is 7.05. The molecular formula is C30H34N7O5P. The predicted octanol–water partition coefficient (Wildman–Crippen LogP) is 4.68. The van der Waals surface area contributed by atoms with E-state index in [1.807, 2.05) is 53.1 Å². The minimum Gasteiger partial charge on any atom is -0.468 e. The summed E-state index contributed by atoms with van der Waals surface area (Å²) < 4.78 is 33.0. The number of hydrogen-bond acceptors (Lipinski definition) is 10. The van der Waals surface area contributed by atoms with Crippen LogP contribution in [0.2, 0.25) is 0 Å². The maximum absolute atomic E-state index is 14.2. The number of para-hydroxylation sites is 1. The van der Waals surface area contributed by atoms with Gasteiger partial charge < -0.3 is 24.9 Å². The molecule has 43 heavy (non-hydrogen) atoms. The number of nitrogens with one attached hydrogen (secondary N) is 2. The van der Waals surface area contributed by atoms with Gasteiger partial charge in [-0.05, 0) is 43.4 Å². The number of nitrogens with two attached hydrogens (primary N) is 1. The van der Waals surface area contributed by atoms with Crippen LogP contribution in [0.15, 0.2) is 79.1 Å². The van der Waals surface area contributed by atoms with Crippen LogP contribution in [-0.4, -0.2) is 51.3 Å². The van der Waals surface area contributed by atoms with Crippen molar-refractivity contribution in [3.8, 4) is 5.75 Å². The summed E-state index contributed by atoms with van der Waals surface area (Å²) in [6.07, 6.45) is 8.88. The fourth-order valence-corrected chi connectivity index (χ4v) is 6.59. The number of imidazole rings is 1. The van der Waals surface area contributed by atoms with Gasteiger partial charge in [-0.1, -0.05) is 60.7 Å². The second-order valence-electron chi connectivity index (χ2n) is 10.7. The van der Waals surface area contributed by atoms with Crippen molar-refractivity contribution >= 4 is 36.6 Å². The van der Waals surface area contributed by atoms with Crippen LogP contribution in [0, 0.1) is 5.92 Å². The Morgan fingerprint density at radius 2 is 1.84 bits per heavy atom. The zero-order chi connectivity index (χ0) is 29.8. The first kappa shape index (κ1) is 28.9. The molecule has 0 radical (unpaired) electrons. The van der Waals surface area contributed by atoms with E-state index in [2.05, 4.69) is 25.4 Å². The Morgan fingerprint density at radius 1 is 1.09 bits per heavy atom. The molecule has 2 aromatic heterocycles. The number of methoxy groups -OCH3 is 1. The van der Waals surface area contributed by atoms with Gasteiger partial charge in [0.15, 0.2) is 17.0 Å². The molecule has 1 unspecified atom stereocenters. The molecule has 2 aliphatic carbocycles. The number of esters is 1. The Labute approximate surface area is 249 Å². The number of fused-ring (bicyclic) bond motifs is 1. The number of aromatic nitrogens is 4. The minimum absolute atomic E-state index is 0.0649. The van der Waals surface area contributed by atoms with Gasteiger partial charge in [-0.3, -0.25) is 9.32 Å². The summed E-state index contributed by atoms with van der Waals surface area (Å²) in [6, 6.07) is 17.5. The zero-order valence-corrected chi connectivity index (χ0v) is 24.6. The molecule has 0 saturated heterocycles. The molecule has 1 fully saturated rings.